The van der Waals surface area contributed by atoms with E-state index in [1.54, 1.807) is 48.5 Å². The zero-order valence-electron chi connectivity index (χ0n) is 29.0. The van der Waals surface area contributed by atoms with Crippen molar-refractivity contribution in [1.29, 1.82) is 0 Å². The van der Waals surface area contributed by atoms with E-state index in [0.717, 1.165) is 30.9 Å². The highest BCUT2D eigenvalue weighted by Crippen LogP contribution is 2.20. The van der Waals surface area contributed by atoms with E-state index >= 15 is 0 Å². The molecule has 0 bridgehead atoms. The first-order chi connectivity index (χ1) is 23.9. The van der Waals surface area contributed by atoms with E-state index in [2.05, 4.69) is 9.44 Å². The summed E-state index contributed by atoms with van der Waals surface area (Å²) in [5.41, 5.74) is 3.46. The predicted molar refractivity (Wildman–Crippen MR) is 197 cm³/mol. The standard InChI is InChI=1S/C35H44N4O8S4/c1-28-6-14-32(15-7-28)48(40,41)36-22-26-38(50(44,45)34-18-10-30(3)11-19-34)24-5-25-39(51(46,47)35-20-12-31(4)13-21-35)27-23-37-49(42,43)33-16-8-29(2)9-17-33/h6-21,36-37H,5,22-27H2,1-4H3. The molecule has 0 saturated carbocycles. The van der Waals surface area contributed by atoms with Gasteiger partial charge in [-0.25, -0.2) is 43.1 Å². The Kier molecular flexibility index (Phi) is 13.4. The molecule has 0 fully saturated rings. The third-order valence-corrected chi connectivity index (χ3v) is 14.9. The van der Waals surface area contributed by atoms with E-state index in [0.29, 0.717) is 0 Å². The minimum atomic E-state index is -4.13. The van der Waals surface area contributed by atoms with Crippen LogP contribution in [-0.4, -0.2) is 81.6 Å². The molecule has 12 nitrogen and oxygen atoms in total. The van der Waals surface area contributed by atoms with Crippen molar-refractivity contribution < 1.29 is 33.7 Å². The molecule has 0 saturated heterocycles. The van der Waals surface area contributed by atoms with Crippen LogP contribution in [0.25, 0.3) is 0 Å². The van der Waals surface area contributed by atoms with Crippen LogP contribution in [0.5, 0.6) is 0 Å². The molecule has 0 aliphatic heterocycles. The summed E-state index contributed by atoms with van der Waals surface area (Å²) in [6.45, 7) is 6.03. The second kappa shape index (κ2) is 16.9. The van der Waals surface area contributed by atoms with Crippen LogP contribution in [0.15, 0.2) is 117 Å². The van der Waals surface area contributed by atoms with Gasteiger partial charge in [0, 0.05) is 39.3 Å². The van der Waals surface area contributed by atoms with Crippen molar-refractivity contribution >= 4 is 40.1 Å². The smallest absolute Gasteiger partial charge is 0.210 e. The van der Waals surface area contributed by atoms with Gasteiger partial charge < -0.3 is 0 Å². The van der Waals surface area contributed by atoms with Crippen molar-refractivity contribution in [3.05, 3.63) is 119 Å². The molecule has 0 aromatic heterocycles. The number of sulfonamides is 4. The number of hydrogen-bond acceptors (Lipinski definition) is 8. The van der Waals surface area contributed by atoms with E-state index < -0.39 is 40.1 Å². The maximum Gasteiger partial charge on any atom is 0.243 e. The molecular weight excluding hydrogens is 733 g/mol. The molecule has 0 heterocycles. The van der Waals surface area contributed by atoms with Crippen molar-refractivity contribution in [2.45, 2.75) is 53.7 Å². The molecule has 2 N–H and O–H groups in total. The topological polar surface area (TPSA) is 167 Å². The monoisotopic (exact) mass is 776 g/mol. The number of aryl methyl sites for hydroxylation is 4. The highest BCUT2D eigenvalue weighted by atomic mass is 32.2. The zero-order valence-corrected chi connectivity index (χ0v) is 32.2. The fraction of sp³-hybridized carbons (Fsp3) is 0.314. The Balaban J connectivity index is 1.54. The molecule has 16 heteroatoms. The lowest BCUT2D eigenvalue weighted by atomic mass is 10.2. The lowest BCUT2D eigenvalue weighted by Gasteiger charge is -2.26. The van der Waals surface area contributed by atoms with Crippen LogP contribution in [0.1, 0.15) is 28.7 Å². The summed E-state index contributed by atoms with van der Waals surface area (Å²) in [6, 6.07) is 24.9. The normalized spacial score (nSPS) is 12.8. The molecule has 0 aliphatic carbocycles. The Morgan fingerprint density at radius 3 is 0.922 bits per heavy atom. The quantitative estimate of drug-likeness (QED) is 0.153. The van der Waals surface area contributed by atoms with Crippen LogP contribution in [0.4, 0.5) is 0 Å². The maximum absolute atomic E-state index is 13.8. The van der Waals surface area contributed by atoms with E-state index in [9.17, 15) is 33.7 Å². The molecule has 4 aromatic carbocycles. The van der Waals surface area contributed by atoms with E-state index in [1.807, 2.05) is 27.7 Å². The zero-order chi connectivity index (χ0) is 37.5. The molecule has 4 rings (SSSR count). The number of rotatable bonds is 18. The average molecular weight is 777 g/mol. The second-order valence-corrected chi connectivity index (χ2v) is 19.6. The maximum atomic E-state index is 13.8. The SMILES string of the molecule is Cc1ccc(S(=O)(=O)NCCN(CCCN(CCNS(=O)(=O)c2ccc(C)cc2)S(=O)(=O)c2ccc(C)cc2)S(=O)(=O)c2ccc(C)cc2)cc1. The van der Waals surface area contributed by atoms with Gasteiger partial charge in [-0.05, 0) is 82.6 Å². The summed E-state index contributed by atoms with van der Waals surface area (Å²) in [7, 11) is -16.1. The first kappa shape index (κ1) is 40.3. The first-order valence-electron chi connectivity index (χ1n) is 16.2. The minimum absolute atomic E-state index is 0.00383. The summed E-state index contributed by atoms with van der Waals surface area (Å²) >= 11 is 0. The van der Waals surface area contributed by atoms with Gasteiger partial charge in [0.15, 0.2) is 0 Å². The Bertz CT molecular complexity index is 2050. The van der Waals surface area contributed by atoms with Gasteiger partial charge in [-0.15, -0.1) is 0 Å². The molecular formula is C35H44N4O8S4. The molecule has 0 unspecified atom stereocenters. The number of nitrogens with one attached hydrogen (secondary N) is 2. The van der Waals surface area contributed by atoms with Gasteiger partial charge in [0.05, 0.1) is 19.6 Å². The average Bonchev–Trinajstić information content (AvgIpc) is 3.07. The van der Waals surface area contributed by atoms with Gasteiger partial charge in [0.2, 0.25) is 40.1 Å². The largest absolute Gasteiger partial charge is 0.243 e. The van der Waals surface area contributed by atoms with Crippen molar-refractivity contribution in [3.63, 3.8) is 0 Å². The van der Waals surface area contributed by atoms with Crippen molar-refractivity contribution in [3.8, 4) is 0 Å². The molecule has 4 aromatic rings. The van der Waals surface area contributed by atoms with Gasteiger partial charge >= 0.3 is 0 Å². The van der Waals surface area contributed by atoms with Crippen molar-refractivity contribution in [2.75, 3.05) is 39.3 Å². The predicted octanol–water partition coefficient (Wildman–Crippen LogP) is 3.95. The number of hydrogen-bond donors (Lipinski definition) is 2. The van der Waals surface area contributed by atoms with Gasteiger partial charge in [0.1, 0.15) is 0 Å². The van der Waals surface area contributed by atoms with Crippen molar-refractivity contribution in [1.82, 2.24) is 18.1 Å². The summed E-state index contributed by atoms with van der Waals surface area (Å²) in [6.07, 6.45) is 0.0195. The van der Waals surface area contributed by atoms with Crippen LogP contribution in [-0.2, 0) is 40.1 Å². The lowest BCUT2D eigenvalue weighted by molar-refractivity contribution is 0.361. The molecule has 0 aliphatic rings. The number of nitrogens with zero attached hydrogens (tertiary/aromatic N) is 2. The van der Waals surface area contributed by atoms with E-state index in [4.69, 9.17) is 0 Å². The Morgan fingerprint density at radius 2 is 0.647 bits per heavy atom. The van der Waals surface area contributed by atoms with Crippen LogP contribution in [0.3, 0.4) is 0 Å². The Morgan fingerprint density at radius 1 is 0.392 bits per heavy atom. The van der Waals surface area contributed by atoms with Crippen molar-refractivity contribution in [2.24, 2.45) is 0 Å². The van der Waals surface area contributed by atoms with Gasteiger partial charge in [-0.1, -0.05) is 70.8 Å². The minimum Gasteiger partial charge on any atom is -0.210 e. The van der Waals surface area contributed by atoms with E-state index in [1.165, 1.54) is 48.5 Å². The molecule has 0 spiro atoms. The summed E-state index contributed by atoms with van der Waals surface area (Å²) in [5, 5.41) is 0. The molecule has 276 valence electrons. The van der Waals surface area contributed by atoms with Crippen LogP contribution >= 0.6 is 0 Å². The highest BCUT2D eigenvalue weighted by molar-refractivity contribution is 7.90. The lowest BCUT2D eigenvalue weighted by Crippen LogP contribution is -2.42. The molecule has 0 amide bonds. The third kappa shape index (κ3) is 10.8. The molecule has 51 heavy (non-hydrogen) atoms. The first-order valence-corrected chi connectivity index (χ1v) is 22.0. The van der Waals surface area contributed by atoms with Gasteiger partial charge in [0.25, 0.3) is 0 Å². The Hall–Kier alpha value is -3.48. The van der Waals surface area contributed by atoms with Gasteiger partial charge in [-0.2, -0.15) is 8.61 Å². The molecule has 0 radical (unpaired) electrons. The Labute approximate surface area is 302 Å². The fourth-order valence-corrected chi connectivity index (χ4v) is 10.1. The fourth-order valence-electron chi connectivity index (χ4n) is 5.06. The second-order valence-electron chi connectivity index (χ2n) is 12.2. The van der Waals surface area contributed by atoms with Crippen LogP contribution in [0, 0.1) is 27.7 Å². The summed E-state index contributed by atoms with van der Waals surface area (Å²) in [5.74, 6) is 0. The van der Waals surface area contributed by atoms with Crippen LogP contribution < -0.4 is 9.44 Å². The highest BCUT2D eigenvalue weighted by Gasteiger charge is 2.28. The molecule has 0 atom stereocenters. The van der Waals surface area contributed by atoms with Crippen LogP contribution in [0.2, 0.25) is 0 Å². The third-order valence-electron chi connectivity index (χ3n) is 8.10. The van der Waals surface area contributed by atoms with E-state index in [-0.39, 0.29) is 65.3 Å². The summed E-state index contributed by atoms with van der Waals surface area (Å²) < 4.78 is 114. The van der Waals surface area contributed by atoms with Gasteiger partial charge in [-0.3, -0.25) is 0 Å². The summed E-state index contributed by atoms with van der Waals surface area (Å²) in [4.78, 5) is 0.0836. The number of benzene rings is 4.